The number of nitrogens with zero attached hydrogens (tertiary/aromatic N) is 3. The van der Waals surface area contributed by atoms with Crippen LogP contribution in [-0.2, 0) is 11.3 Å². The highest BCUT2D eigenvalue weighted by molar-refractivity contribution is 6.61. The second-order valence-electron chi connectivity index (χ2n) is 6.51. The largest absolute Gasteiger partial charge is 0.491 e. The topological polar surface area (TPSA) is 103 Å². The molecule has 0 saturated heterocycles. The van der Waals surface area contributed by atoms with E-state index in [9.17, 15) is 10.3 Å². The molecule has 3 N–H and O–H groups in total. The van der Waals surface area contributed by atoms with Crippen LogP contribution in [0.2, 0.25) is 5.02 Å². The maximum atomic E-state index is 9.69. The monoisotopic (exact) mass is 369 g/mol. The lowest BCUT2D eigenvalue weighted by Crippen LogP contribution is -2.27. The van der Waals surface area contributed by atoms with Crippen molar-refractivity contribution < 1.29 is 9.68 Å². The van der Waals surface area contributed by atoms with Gasteiger partial charge in [-0.3, -0.25) is 0 Å². The van der Waals surface area contributed by atoms with Gasteiger partial charge in [0, 0.05) is 11.7 Å². The highest BCUT2D eigenvalue weighted by Gasteiger charge is 2.28. The Morgan fingerprint density at radius 2 is 2.27 bits per heavy atom. The maximum absolute atomic E-state index is 9.69. The summed E-state index contributed by atoms with van der Waals surface area (Å²) in [5.41, 5.74) is 2.50. The van der Waals surface area contributed by atoms with E-state index in [4.69, 9.17) is 16.3 Å². The van der Waals surface area contributed by atoms with Crippen molar-refractivity contribution in [3.8, 4) is 6.07 Å². The molecule has 2 atom stereocenters. The number of anilines is 3. The zero-order chi connectivity index (χ0) is 18.1. The normalized spacial score (nSPS) is 21.3. The average Bonchev–Trinajstić information content (AvgIpc) is 3.24. The Labute approximate surface area is 156 Å². The van der Waals surface area contributed by atoms with Crippen molar-refractivity contribution in [3.05, 3.63) is 35.0 Å². The molecule has 9 heteroatoms. The summed E-state index contributed by atoms with van der Waals surface area (Å²) in [6.07, 6.45) is 4.38. The molecule has 2 aliphatic rings. The summed E-state index contributed by atoms with van der Waals surface area (Å²) in [6, 6.07) is 7.95. The summed E-state index contributed by atoms with van der Waals surface area (Å²) < 4.78 is 5.20. The molecular formula is C17H17BClN5O2. The molecule has 2 heterocycles. The van der Waals surface area contributed by atoms with E-state index < -0.39 is 7.12 Å². The second kappa shape index (κ2) is 7.12. The molecule has 26 heavy (non-hydrogen) atoms. The van der Waals surface area contributed by atoms with Gasteiger partial charge in [-0.15, -0.1) is 0 Å². The lowest BCUT2D eigenvalue weighted by molar-refractivity contribution is 0.275. The molecule has 1 aliphatic heterocycles. The van der Waals surface area contributed by atoms with Gasteiger partial charge >= 0.3 is 7.12 Å². The Kier molecular flexibility index (Phi) is 4.68. The SMILES string of the molecule is N#CC1CCCC1Nc1nc(Nc2ccc3c(c2)COB3O)ncc1Cl. The van der Waals surface area contributed by atoms with Crippen LogP contribution in [-0.4, -0.2) is 28.2 Å². The predicted octanol–water partition coefficient (Wildman–Crippen LogP) is 2.20. The first-order chi connectivity index (χ1) is 12.6. The lowest BCUT2D eigenvalue weighted by atomic mass is 9.79. The molecule has 1 aromatic heterocycles. The molecule has 0 radical (unpaired) electrons. The molecule has 2 aromatic rings. The molecule has 1 saturated carbocycles. The van der Waals surface area contributed by atoms with Crippen LogP contribution in [0.1, 0.15) is 24.8 Å². The molecule has 0 bridgehead atoms. The van der Waals surface area contributed by atoms with Crippen molar-refractivity contribution in [1.82, 2.24) is 9.97 Å². The fourth-order valence-corrected chi connectivity index (χ4v) is 3.57. The Bertz CT molecular complexity index is 875. The molecule has 7 nitrogen and oxygen atoms in total. The van der Waals surface area contributed by atoms with Gasteiger partial charge in [-0.2, -0.15) is 10.2 Å². The minimum absolute atomic E-state index is 0.0272. The van der Waals surface area contributed by atoms with E-state index in [0.29, 0.717) is 23.4 Å². The third-order valence-corrected chi connectivity index (χ3v) is 5.09. The number of fused-ring (bicyclic) bond motifs is 1. The van der Waals surface area contributed by atoms with E-state index >= 15 is 0 Å². The number of nitrogens with one attached hydrogen (secondary N) is 2. The van der Waals surface area contributed by atoms with Crippen LogP contribution in [0.15, 0.2) is 24.4 Å². The third-order valence-electron chi connectivity index (χ3n) is 4.81. The van der Waals surface area contributed by atoms with Gasteiger partial charge in [0.1, 0.15) is 5.02 Å². The van der Waals surface area contributed by atoms with Gasteiger partial charge in [0.05, 0.1) is 24.8 Å². The van der Waals surface area contributed by atoms with Gasteiger partial charge < -0.3 is 20.3 Å². The van der Waals surface area contributed by atoms with Crippen molar-refractivity contribution >= 4 is 41.6 Å². The van der Waals surface area contributed by atoms with Gasteiger partial charge in [0.2, 0.25) is 5.95 Å². The third kappa shape index (κ3) is 3.34. The zero-order valence-corrected chi connectivity index (χ0v) is 14.7. The second-order valence-corrected chi connectivity index (χ2v) is 6.92. The summed E-state index contributed by atoms with van der Waals surface area (Å²) in [5.74, 6) is 0.902. The first-order valence-electron chi connectivity index (χ1n) is 8.52. The number of nitriles is 1. The van der Waals surface area contributed by atoms with Gasteiger partial charge in [-0.05, 0) is 42.4 Å². The Hall–Kier alpha value is -2.34. The van der Waals surface area contributed by atoms with E-state index in [1.807, 2.05) is 18.2 Å². The van der Waals surface area contributed by atoms with Crippen molar-refractivity contribution in [3.63, 3.8) is 0 Å². The number of halogens is 1. The summed E-state index contributed by atoms with van der Waals surface area (Å²) in [7, 11) is -0.860. The van der Waals surface area contributed by atoms with Gasteiger partial charge in [-0.25, -0.2) is 4.98 Å². The highest BCUT2D eigenvalue weighted by atomic mass is 35.5. The minimum atomic E-state index is -0.860. The minimum Gasteiger partial charge on any atom is -0.423 e. The Morgan fingerprint density at radius 3 is 3.12 bits per heavy atom. The van der Waals surface area contributed by atoms with E-state index in [-0.39, 0.29) is 12.0 Å². The number of aromatic nitrogens is 2. The zero-order valence-electron chi connectivity index (χ0n) is 13.9. The van der Waals surface area contributed by atoms with Crippen LogP contribution in [0.4, 0.5) is 17.5 Å². The molecular weight excluding hydrogens is 352 g/mol. The van der Waals surface area contributed by atoms with Crippen LogP contribution in [0.5, 0.6) is 0 Å². The summed E-state index contributed by atoms with van der Waals surface area (Å²) >= 11 is 6.22. The van der Waals surface area contributed by atoms with E-state index in [2.05, 4.69) is 26.7 Å². The number of benzene rings is 1. The Morgan fingerprint density at radius 1 is 1.38 bits per heavy atom. The summed E-state index contributed by atoms with van der Waals surface area (Å²) in [5, 5.41) is 25.8. The van der Waals surface area contributed by atoms with Gasteiger partial charge in [0.25, 0.3) is 0 Å². The highest BCUT2D eigenvalue weighted by Crippen LogP contribution is 2.30. The fraction of sp³-hybridized carbons (Fsp3) is 0.353. The number of hydrogen-bond donors (Lipinski definition) is 3. The molecule has 2 unspecified atom stereocenters. The first kappa shape index (κ1) is 17.1. The summed E-state index contributed by atoms with van der Waals surface area (Å²) in [4.78, 5) is 8.67. The van der Waals surface area contributed by atoms with Gasteiger partial charge in [-0.1, -0.05) is 17.7 Å². The molecule has 1 aliphatic carbocycles. The van der Waals surface area contributed by atoms with Gasteiger partial charge in [0.15, 0.2) is 5.82 Å². The van der Waals surface area contributed by atoms with Crippen LogP contribution >= 0.6 is 11.6 Å². The number of hydrogen-bond acceptors (Lipinski definition) is 7. The van der Waals surface area contributed by atoms with Crippen molar-refractivity contribution in [2.75, 3.05) is 10.6 Å². The predicted molar refractivity (Wildman–Crippen MR) is 99.5 cm³/mol. The van der Waals surface area contributed by atoms with Crippen LogP contribution < -0.4 is 16.1 Å². The smallest absolute Gasteiger partial charge is 0.423 e. The van der Waals surface area contributed by atoms with Crippen molar-refractivity contribution in [1.29, 1.82) is 5.26 Å². The van der Waals surface area contributed by atoms with Crippen molar-refractivity contribution in [2.24, 2.45) is 5.92 Å². The first-order valence-corrected chi connectivity index (χ1v) is 8.90. The van der Waals surface area contributed by atoms with Crippen LogP contribution in [0, 0.1) is 17.2 Å². The standard InChI is InChI=1S/C17H17BClN5O2/c19-14-8-21-17(24-16(14)23-15-3-1-2-10(15)7-20)22-12-4-5-13-11(6-12)9-26-18(13)25/h4-6,8,10,15,25H,1-3,9H2,(H2,21,22,23,24). The summed E-state index contributed by atoms with van der Waals surface area (Å²) in [6.45, 7) is 0.373. The molecule has 1 fully saturated rings. The van der Waals surface area contributed by atoms with Crippen LogP contribution in [0.3, 0.4) is 0 Å². The van der Waals surface area contributed by atoms with Crippen LogP contribution in [0.25, 0.3) is 0 Å². The Balaban J connectivity index is 1.52. The molecule has 0 amide bonds. The number of rotatable bonds is 4. The fourth-order valence-electron chi connectivity index (χ4n) is 3.43. The molecule has 1 aromatic carbocycles. The molecule has 132 valence electrons. The van der Waals surface area contributed by atoms with Crippen molar-refractivity contribution in [2.45, 2.75) is 31.9 Å². The quantitative estimate of drug-likeness (QED) is 0.710. The van der Waals surface area contributed by atoms with E-state index in [1.165, 1.54) is 6.20 Å². The average molecular weight is 370 g/mol. The molecule has 4 rings (SSSR count). The maximum Gasteiger partial charge on any atom is 0.491 e. The lowest BCUT2D eigenvalue weighted by Gasteiger charge is -2.17. The van der Waals surface area contributed by atoms with E-state index in [0.717, 1.165) is 36.0 Å². The van der Waals surface area contributed by atoms with E-state index in [1.54, 1.807) is 0 Å². The molecule has 0 spiro atoms.